The molecule has 0 unspecified atom stereocenters. The number of thiol groups is 1. The summed E-state index contributed by atoms with van der Waals surface area (Å²) < 4.78 is 0. The van der Waals surface area contributed by atoms with E-state index < -0.39 is 0 Å². The number of rotatable bonds is 4. The van der Waals surface area contributed by atoms with E-state index in [0.29, 0.717) is 6.54 Å². The van der Waals surface area contributed by atoms with Crippen molar-refractivity contribution in [2.45, 2.75) is 18.2 Å². The Balaban J connectivity index is 2.32. The number of carbonyl (C=O) groups excluding carboxylic acids is 1. The van der Waals surface area contributed by atoms with Crippen molar-refractivity contribution < 1.29 is 4.79 Å². The highest BCUT2D eigenvalue weighted by Gasteiger charge is 1.88. The normalized spacial score (nSPS) is 10.5. The Hall–Kier alpha value is -1.22. The van der Waals surface area contributed by atoms with E-state index in [1.807, 2.05) is 36.4 Å². The first-order valence-corrected chi connectivity index (χ1v) is 5.33. The first-order chi connectivity index (χ1) is 7.18. The predicted molar refractivity (Wildman–Crippen MR) is 66.0 cm³/mol. The van der Waals surface area contributed by atoms with Crippen LogP contribution in [0.5, 0.6) is 0 Å². The Labute approximate surface area is 95.8 Å². The Morgan fingerprint density at radius 1 is 1.40 bits per heavy atom. The maximum atomic E-state index is 10.6. The number of benzene rings is 1. The van der Waals surface area contributed by atoms with Crippen molar-refractivity contribution in [2.24, 2.45) is 0 Å². The monoisotopic (exact) mass is 221 g/mol. The van der Waals surface area contributed by atoms with Crippen LogP contribution in [0.3, 0.4) is 0 Å². The molecule has 0 aliphatic heterocycles. The standard InChI is InChI=1S/C12H15NOS/c1-10(14)13-9-3-2-4-11-5-7-12(15)8-6-11/h2,4-8,15H,3,9H2,1H3,(H,13,14). The van der Waals surface area contributed by atoms with Gasteiger partial charge >= 0.3 is 0 Å². The molecule has 2 nitrogen and oxygen atoms in total. The quantitative estimate of drug-likeness (QED) is 0.593. The van der Waals surface area contributed by atoms with Crippen LogP contribution < -0.4 is 5.32 Å². The molecule has 1 N–H and O–H groups in total. The van der Waals surface area contributed by atoms with Crippen LogP contribution in [0.15, 0.2) is 35.2 Å². The van der Waals surface area contributed by atoms with Gasteiger partial charge in [-0.1, -0.05) is 24.3 Å². The SMILES string of the molecule is CC(=O)NCCC=Cc1ccc(S)cc1. The van der Waals surface area contributed by atoms with Gasteiger partial charge in [0.05, 0.1) is 0 Å². The molecule has 0 aromatic heterocycles. The summed E-state index contributed by atoms with van der Waals surface area (Å²) >= 11 is 4.21. The van der Waals surface area contributed by atoms with Crippen molar-refractivity contribution in [3.8, 4) is 0 Å². The molecular weight excluding hydrogens is 206 g/mol. The Morgan fingerprint density at radius 2 is 2.07 bits per heavy atom. The zero-order chi connectivity index (χ0) is 11.1. The average Bonchev–Trinajstić information content (AvgIpc) is 2.20. The number of hydrogen-bond donors (Lipinski definition) is 2. The third-order valence-electron chi connectivity index (χ3n) is 1.89. The molecule has 3 heteroatoms. The molecule has 0 saturated carbocycles. The van der Waals surface area contributed by atoms with E-state index in [0.717, 1.165) is 16.9 Å². The lowest BCUT2D eigenvalue weighted by molar-refractivity contribution is -0.118. The molecule has 15 heavy (non-hydrogen) atoms. The topological polar surface area (TPSA) is 29.1 Å². The van der Waals surface area contributed by atoms with E-state index in [9.17, 15) is 4.79 Å². The van der Waals surface area contributed by atoms with E-state index in [2.05, 4.69) is 17.9 Å². The molecule has 1 amide bonds. The summed E-state index contributed by atoms with van der Waals surface area (Å²) in [5, 5.41) is 2.74. The van der Waals surface area contributed by atoms with Gasteiger partial charge in [0.2, 0.25) is 5.91 Å². The van der Waals surface area contributed by atoms with E-state index >= 15 is 0 Å². The predicted octanol–water partition coefficient (Wildman–Crippen LogP) is 2.51. The highest BCUT2D eigenvalue weighted by Crippen LogP contribution is 2.09. The summed E-state index contributed by atoms with van der Waals surface area (Å²) in [4.78, 5) is 11.5. The average molecular weight is 221 g/mol. The molecule has 0 aliphatic rings. The summed E-state index contributed by atoms with van der Waals surface area (Å²) in [6.45, 7) is 2.21. The van der Waals surface area contributed by atoms with Gasteiger partial charge in [0.25, 0.3) is 0 Å². The van der Waals surface area contributed by atoms with Crippen molar-refractivity contribution >= 4 is 24.6 Å². The summed E-state index contributed by atoms with van der Waals surface area (Å²) in [5.41, 5.74) is 1.15. The Morgan fingerprint density at radius 3 is 2.67 bits per heavy atom. The Bertz CT molecular complexity index is 343. The summed E-state index contributed by atoms with van der Waals surface area (Å²) in [5.74, 6) is 0.0165. The largest absolute Gasteiger partial charge is 0.356 e. The van der Waals surface area contributed by atoms with Gasteiger partial charge in [0.15, 0.2) is 0 Å². The second-order valence-corrected chi connectivity index (χ2v) is 3.78. The minimum atomic E-state index is 0.0165. The minimum absolute atomic E-state index is 0.0165. The van der Waals surface area contributed by atoms with Gasteiger partial charge in [0, 0.05) is 18.4 Å². The zero-order valence-corrected chi connectivity index (χ0v) is 9.63. The molecule has 0 bridgehead atoms. The molecule has 0 heterocycles. The van der Waals surface area contributed by atoms with Crippen molar-refractivity contribution in [1.29, 1.82) is 0 Å². The van der Waals surface area contributed by atoms with E-state index in [1.165, 1.54) is 6.92 Å². The van der Waals surface area contributed by atoms with Gasteiger partial charge in [-0.25, -0.2) is 0 Å². The minimum Gasteiger partial charge on any atom is -0.356 e. The summed E-state index contributed by atoms with van der Waals surface area (Å²) in [7, 11) is 0. The van der Waals surface area contributed by atoms with Crippen LogP contribution in [0, 0.1) is 0 Å². The van der Waals surface area contributed by atoms with Crippen LogP contribution in [0.4, 0.5) is 0 Å². The van der Waals surface area contributed by atoms with Crippen molar-refractivity contribution in [2.75, 3.05) is 6.54 Å². The van der Waals surface area contributed by atoms with Gasteiger partial charge < -0.3 is 5.32 Å². The fourth-order valence-electron chi connectivity index (χ4n) is 1.14. The third kappa shape index (κ3) is 5.27. The maximum Gasteiger partial charge on any atom is 0.216 e. The van der Waals surface area contributed by atoms with Gasteiger partial charge in [0.1, 0.15) is 0 Å². The maximum absolute atomic E-state index is 10.6. The third-order valence-corrected chi connectivity index (χ3v) is 2.19. The zero-order valence-electron chi connectivity index (χ0n) is 8.73. The number of nitrogens with one attached hydrogen (secondary N) is 1. The summed E-state index contributed by atoms with van der Waals surface area (Å²) in [6, 6.07) is 7.93. The Kier molecular flexibility index (Phi) is 4.98. The number of hydrogen-bond acceptors (Lipinski definition) is 2. The van der Waals surface area contributed by atoms with Crippen molar-refractivity contribution in [3.05, 3.63) is 35.9 Å². The summed E-state index contributed by atoms with van der Waals surface area (Å²) in [6.07, 6.45) is 4.93. The second kappa shape index (κ2) is 6.30. The molecule has 80 valence electrons. The molecule has 0 spiro atoms. The van der Waals surface area contributed by atoms with Crippen molar-refractivity contribution in [3.63, 3.8) is 0 Å². The van der Waals surface area contributed by atoms with Crippen LogP contribution in [0.1, 0.15) is 18.9 Å². The van der Waals surface area contributed by atoms with E-state index in [4.69, 9.17) is 0 Å². The van der Waals surface area contributed by atoms with Gasteiger partial charge in [-0.3, -0.25) is 4.79 Å². The second-order valence-electron chi connectivity index (χ2n) is 3.27. The van der Waals surface area contributed by atoms with Gasteiger partial charge in [-0.15, -0.1) is 12.6 Å². The molecule has 1 aromatic rings. The van der Waals surface area contributed by atoms with Crippen LogP contribution in [-0.4, -0.2) is 12.5 Å². The van der Waals surface area contributed by atoms with Gasteiger partial charge in [-0.05, 0) is 24.1 Å². The van der Waals surface area contributed by atoms with Gasteiger partial charge in [-0.2, -0.15) is 0 Å². The molecule has 1 rings (SSSR count). The van der Waals surface area contributed by atoms with E-state index in [-0.39, 0.29) is 5.91 Å². The fraction of sp³-hybridized carbons (Fsp3) is 0.250. The molecule has 0 radical (unpaired) electrons. The van der Waals surface area contributed by atoms with Crippen LogP contribution >= 0.6 is 12.6 Å². The lowest BCUT2D eigenvalue weighted by Gasteiger charge is -1.97. The van der Waals surface area contributed by atoms with Crippen LogP contribution in [-0.2, 0) is 4.79 Å². The molecule has 1 aromatic carbocycles. The first-order valence-electron chi connectivity index (χ1n) is 4.88. The lowest BCUT2D eigenvalue weighted by atomic mass is 10.2. The molecule has 0 atom stereocenters. The first kappa shape index (κ1) is 11.9. The number of carbonyl (C=O) groups is 1. The molecule has 0 fully saturated rings. The number of amides is 1. The lowest BCUT2D eigenvalue weighted by Crippen LogP contribution is -2.20. The van der Waals surface area contributed by atoms with Crippen LogP contribution in [0.2, 0.25) is 0 Å². The smallest absolute Gasteiger partial charge is 0.216 e. The molecular formula is C12H15NOS. The van der Waals surface area contributed by atoms with Crippen LogP contribution in [0.25, 0.3) is 6.08 Å². The highest BCUT2D eigenvalue weighted by molar-refractivity contribution is 7.80. The fourth-order valence-corrected chi connectivity index (χ4v) is 1.29. The molecule has 0 saturated heterocycles. The van der Waals surface area contributed by atoms with Crippen molar-refractivity contribution in [1.82, 2.24) is 5.32 Å². The molecule has 0 aliphatic carbocycles. The highest BCUT2D eigenvalue weighted by atomic mass is 32.1. The van der Waals surface area contributed by atoms with E-state index in [1.54, 1.807) is 0 Å².